The molecule has 0 N–H and O–H groups in total. The molecule has 5 heteroatoms. The molecular formula is C19H25NO4. The summed E-state index contributed by atoms with van der Waals surface area (Å²) in [6, 6.07) is 8.14. The van der Waals surface area contributed by atoms with Crippen LogP contribution < -0.4 is 0 Å². The third-order valence-corrected chi connectivity index (χ3v) is 4.52. The number of carbonyl (C=O) groups excluding carboxylic acids is 1. The van der Waals surface area contributed by atoms with Crippen LogP contribution >= 0.6 is 0 Å². The summed E-state index contributed by atoms with van der Waals surface area (Å²) in [4.78, 5) is 14.8. The Labute approximate surface area is 143 Å². The van der Waals surface area contributed by atoms with Crippen molar-refractivity contribution in [2.24, 2.45) is 0 Å². The van der Waals surface area contributed by atoms with Crippen molar-refractivity contribution in [3.63, 3.8) is 0 Å². The van der Waals surface area contributed by atoms with Gasteiger partial charge in [0.2, 0.25) is 5.76 Å². The lowest BCUT2D eigenvalue weighted by atomic mass is 10.1. The molecule has 1 aromatic rings. The van der Waals surface area contributed by atoms with Crippen LogP contribution in [-0.2, 0) is 25.5 Å². The Morgan fingerprint density at radius 3 is 2.67 bits per heavy atom. The number of carbonyl (C=O) groups is 1. The van der Waals surface area contributed by atoms with Gasteiger partial charge in [0.05, 0.1) is 6.10 Å². The molecule has 0 saturated carbocycles. The van der Waals surface area contributed by atoms with Gasteiger partial charge in [-0.05, 0) is 37.8 Å². The topological polar surface area (TPSA) is 48.0 Å². The van der Waals surface area contributed by atoms with E-state index in [2.05, 4.69) is 19.1 Å². The first-order chi connectivity index (χ1) is 11.6. The molecule has 1 amide bonds. The highest BCUT2D eigenvalue weighted by Gasteiger charge is 2.29. The fraction of sp³-hybridized carbons (Fsp3) is 0.526. The zero-order valence-corrected chi connectivity index (χ0v) is 14.4. The zero-order valence-electron chi connectivity index (χ0n) is 14.4. The molecule has 0 aliphatic carbocycles. The van der Waals surface area contributed by atoms with E-state index >= 15 is 0 Å². The molecule has 1 atom stereocenters. The molecule has 1 saturated heterocycles. The van der Waals surface area contributed by atoms with Crippen molar-refractivity contribution < 1.29 is 19.0 Å². The minimum Gasteiger partial charge on any atom is -0.491 e. The van der Waals surface area contributed by atoms with Gasteiger partial charge in [0.1, 0.15) is 19.0 Å². The van der Waals surface area contributed by atoms with Gasteiger partial charge >= 0.3 is 0 Å². The van der Waals surface area contributed by atoms with E-state index in [4.69, 9.17) is 14.2 Å². The molecule has 3 rings (SSSR count). The molecular weight excluding hydrogens is 306 g/mol. The van der Waals surface area contributed by atoms with Gasteiger partial charge in [-0.3, -0.25) is 4.79 Å². The molecule has 2 aliphatic rings. The lowest BCUT2D eigenvalue weighted by molar-refractivity contribution is -0.135. The molecule has 130 valence electrons. The van der Waals surface area contributed by atoms with E-state index in [1.54, 1.807) is 6.92 Å². The SMILES string of the molecule is CC1=C(C(=O)N(Cc2ccccc2C)CC2CCCO2)OCCO1. The Bertz CT molecular complexity index is 620. The van der Waals surface area contributed by atoms with E-state index in [0.717, 1.165) is 25.0 Å². The van der Waals surface area contributed by atoms with Gasteiger partial charge in [-0.1, -0.05) is 24.3 Å². The Morgan fingerprint density at radius 1 is 1.17 bits per heavy atom. The van der Waals surface area contributed by atoms with Gasteiger partial charge in [0.15, 0.2) is 0 Å². The van der Waals surface area contributed by atoms with Gasteiger partial charge in [-0.25, -0.2) is 0 Å². The summed E-state index contributed by atoms with van der Waals surface area (Å²) in [6.07, 6.45) is 2.15. The van der Waals surface area contributed by atoms with Crippen molar-refractivity contribution in [2.75, 3.05) is 26.4 Å². The highest BCUT2D eigenvalue weighted by molar-refractivity contribution is 5.92. The summed E-state index contributed by atoms with van der Waals surface area (Å²) in [7, 11) is 0. The van der Waals surface area contributed by atoms with E-state index in [0.29, 0.717) is 37.8 Å². The number of hydrogen-bond acceptors (Lipinski definition) is 4. The number of nitrogens with zero attached hydrogens (tertiary/aromatic N) is 1. The largest absolute Gasteiger partial charge is 0.491 e. The average Bonchev–Trinajstić information content (AvgIpc) is 3.09. The number of ether oxygens (including phenoxy) is 3. The summed E-state index contributed by atoms with van der Waals surface area (Å²) < 4.78 is 16.8. The second kappa shape index (κ2) is 7.71. The maximum Gasteiger partial charge on any atom is 0.292 e. The zero-order chi connectivity index (χ0) is 16.9. The predicted octanol–water partition coefficient (Wildman–Crippen LogP) is 2.78. The minimum atomic E-state index is -0.119. The lowest BCUT2D eigenvalue weighted by Gasteiger charge is -2.29. The highest BCUT2D eigenvalue weighted by atomic mass is 16.6. The lowest BCUT2D eigenvalue weighted by Crippen LogP contribution is -2.39. The smallest absolute Gasteiger partial charge is 0.292 e. The molecule has 0 spiro atoms. The first kappa shape index (κ1) is 16.8. The molecule has 24 heavy (non-hydrogen) atoms. The average molecular weight is 331 g/mol. The fourth-order valence-corrected chi connectivity index (χ4v) is 3.11. The van der Waals surface area contributed by atoms with Crippen LogP contribution in [0.1, 0.15) is 30.9 Å². The predicted molar refractivity (Wildman–Crippen MR) is 90.2 cm³/mol. The third kappa shape index (κ3) is 3.90. The summed E-state index contributed by atoms with van der Waals surface area (Å²) in [5.41, 5.74) is 2.31. The van der Waals surface area contributed by atoms with Gasteiger partial charge in [-0.2, -0.15) is 0 Å². The van der Waals surface area contributed by atoms with Gasteiger partial charge in [0, 0.05) is 19.7 Å². The molecule has 2 aliphatic heterocycles. The van der Waals surface area contributed by atoms with Crippen molar-refractivity contribution >= 4 is 5.91 Å². The van der Waals surface area contributed by atoms with Gasteiger partial charge < -0.3 is 19.1 Å². The van der Waals surface area contributed by atoms with E-state index in [1.165, 1.54) is 5.56 Å². The van der Waals surface area contributed by atoms with E-state index < -0.39 is 0 Å². The summed E-state index contributed by atoms with van der Waals surface area (Å²) >= 11 is 0. The van der Waals surface area contributed by atoms with Crippen LogP contribution in [0.4, 0.5) is 0 Å². The van der Waals surface area contributed by atoms with Crippen molar-refractivity contribution in [3.8, 4) is 0 Å². The van der Waals surface area contributed by atoms with Crippen LogP contribution in [0.2, 0.25) is 0 Å². The fourth-order valence-electron chi connectivity index (χ4n) is 3.11. The van der Waals surface area contributed by atoms with Crippen molar-refractivity contribution in [1.82, 2.24) is 4.90 Å². The summed E-state index contributed by atoms with van der Waals surface area (Å²) in [5.74, 6) is 0.771. The van der Waals surface area contributed by atoms with Crippen molar-refractivity contribution in [1.29, 1.82) is 0 Å². The van der Waals surface area contributed by atoms with E-state index in [1.807, 2.05) is 17.0 Å². The molecule has 0 radical (unpaired) electrons. The van der Waals surface area contributed by atoms with Crippen LogP contribution in [-0.4, -0.2) is 43.3 Å². The molecule has 5 nitrogen and oxygen atoms in total. The summed E-state index contributed by atoms with van der Waals surface area (Å²) in [6.45, 7) is 6.65. The van der Waals surface area contributed by atoms with E-state index in [-0.39, 0.29) is 12.0 Å². The monoisotopic (exact) mass is 331 g/mol. The first-order valence-electron chi connectivity index (χ1n) is 8.57. The molecule has 2 heterocycles. The number of allylic oxidation sites excluding steroid dienone is 1. The number of amides is 1. The quantitative estimate of drug-likeness (QED) is 0.832. The first-order valence-corrected chi connectivity index (χ1v) is 8.57. The Morgan fingerprint density at radius 2 is 1.96 bits per heavy atom. The minimum absolute atomic E-state index is 0.100. The number of hydrogen-bond donors (Lipinski definition) is 0. The van der Waals surface area contributed by atoms with Crippen molar-refractivity contribution in [3.05, 3.63) is 46.9 Å². The second-order valence-electron chi connectivity index (χ2n) is 6.33. The van der Waals surface area contributed by atoms with Crippen LogP contribution in [0.15, 0.2) is 35.8 Å². The van der Waals surface area contributed by atoms with Crippen LogP contribution in [0.25, 0.3) is 0 Å². The van der Waals surface area contributed by atoms with Gasteiger partial charge in [0.25, 0.3) is 5.91 Å². The highest BCUT2D eigenvalue weighted by Crippen LogP contribution is 2.21. The number of rotatable bonds is 5. The molecule has 1 aromatic carbocycles. The number of benzene rings is 1. The third-order valence-electron chi connectivity index (χ3n) is 4.52. The van der Waals surface area contributed by atoms with Crippen LogP contribution in [0, 0.1) is 6.92 Å². The molecule has 0 aromatic heterocycles. The second-order valence-corrected chi connectivity index (χ2v) is 6.33. The van der Waals surface area contributed by atoms with Crippen LogP contribution in [0.3, 0.4) is 0 Å². The Kier molecular flexibility index (Phi) is 5.41. The molecule has 0 bridgehead atoms. The van der Waals surface area contributed by atoms with Gasteiger partial charge in [-0.15, -0.1) is 0 Å². The molecule has 1 fully saturated rings. The number of aryl methyl sites for hydroxylation is 1. The Balaban J connectivity index is 1.81. The van der Waals surface area contributed by atoms with Crippen molar-refractivity contribution in [2.45, 2.75) is 39.3 Å². The van der Waals surface area contributed by atoms with Crippen LogP contribution in [0.5, 0.6) is 0 Å². The maximum absolute atomic E-state index is 13.0. The Hall–Kier alpha value is -2.01. The standard InChI is InChI=1S/C19H25NO4/c1-14-6-3-4-7-16(14)12-20(13-17-8-5-9-23-17)19(21)18-15(2)22-10-11-24-18/h3-4,6-7,17H,5,8-13H2,1-2H3. The summed E-state index contributed by atoms with van der Waals surface area (Å²) in [5, 5.41) is 0. The normalized spacial score (nSPS) is 20.5. The van der Waals surface area contributed by atoms with E-state index in [9.17, 15) is 4.79 Å². The maximum atomic E-state index is 13.0. The molecule has 1 unspecified atom stereocenters.